The number of benzene rings is 1. The van der Waals surface area contributed by atoms with Gasteiger partial charge in [0.25, 0.3) is 5.91 Å². The monoisotopic (exact) mass is 301 g/mol. The smallest absolute Gasteiger partial charge is 0.273 e. The molecule has 0 N–H and O–H groups in total. The van der Waals surface area contributed by atoms with E-state index in [0.717, 1.165) is 10.9 Å². The summed E-state index contributed by atoms with van der Waals surface area (Å²) in [6.45, 7) is 0. The van der Waals surface area contributed by atoms with Crippen LogP contribution >= 0.6 is 11.6 Å². The summed E-state index contributed by atoms with van der Waals surface area (Å²) in [5.41, 5.74) is 1.07. The van der Waals surface area contributed by atoms with E-state index in [1.807, 2.05) is 24.3 Å². The number of rotatable bonds is 2. The fraction of sp³-hybridized carbons (Fsp3) is 0.143. The van der Waals surface area contributed by atoms with E-state index in [9.17, 15) is 4.79 Å². The predicted octanol–water partition coefficient (Wildman–Crippen LogP) is 2.17. The van der Waals surface area contributed by atoms with E-state index < -0.39 is 0 Å². The molecular formula is C14H12ClN5O. The fourth-order valence-corrected chi connectivity index (χ4v) is 2.16. The molecule has 0 fully saturated rings. The quantitative estimate of drug-likeness (QED) is 0.681. The van der Waals surface area contributed by atoms with Crippen LogP contribution in [0, 0.1) is 0 Å². The van der Waals surface area contributed by atoms with Crippen LogP contribution in [0.1, 0.15) is 10.5 Å². The molecule has 2 heterocycles. The van der Waals surface area contributed by atoms with E-state index >= 15 is 0 Å². The third-order valence-corrected chi connectivity index (χ3v) is 3.16. The predicted molar refractivity (Wildman–Crippen MR) is 79.7 cm³/mol. The third kappa shape index (κ3) is 2.45. The standard InChI is InChI=1S/C14H12ClN5O/c1-19(2)13(21)11-7-8-20(18-11)12-9-5-3-4-6-10(9)16-14(15)17-12/h3-8H,1-2H3. The molecule has 1 aromatic carbocycles. The Bertz CT molecular complexity index is 827. The molecule has 7 heteroatoms. The van der Waals surface area contributed by atoms with Gasteiger partial charge in [0, 0.05) is 25.7 Å². The van der Waals surface area contributed by atoms with Gasteiger partial charge in [-0.25, -0.2) is 9.67 Å². The topological polar surface area (TPSA) is 63.9 Å². The fourth-order valence-electron chi connectivity index (χ4n) is 1.99. The van der Waals surface area contributed by atoms with Gasteiger partial charge in [-0.1, -0.05) is 12.1 Å². The lowest BCUT2D eigenvalue weighted by molar-refractivity contribution is 0.0821. The zero-order valence-electron chi connectivity index (χ0n) is 11.5. The van der Waals surface area contributed by atoms with Gasteiger partial charge in [-0.05, 0) is 29.8 Å². The normalized spacial score (nSPS) is 10.8. The number of carbonyl (C=O) groups excluding carboxylic acids is 1. The lowest BCUT2D eigenvalue weighted by Gasteiger charge is -2.08. The van der Waals surface area contributed by atoms with Gasteiger partial charge in [0.05, 0.1) is 5.52 Å². The Balaban J connectivity index is 2.15. The Kier molecular flexibility index (Phi) is 3.31. The molecule has 1 amide bonds. The molecule has 0 radical (unpaired) electrons. The zero-order valence-corrected chi connectivity index (χ0v) is 12.2. The number of amides is 1. The van der Waals surface area contributed by atoms with Gasteiger partial charge in [-0.3, -0.25) is 4.79 Å². The highest BCUT2D eigenvalue weighted by atomic mass is 35.5. The summed E-state index contributed by atoms with van der Waals surface area (Å²) >= 11 is 5.96. The second-order valence-corrected chi connectivity index (χ2v) is 5.02. The number of aromatic nitrogens is 4. The maximum Gasteiger partial charge on any atom is 0.273 e. The van der Waals surface area contributed by atoms with Crippen molar-refractivity contribution in [3.05, 3.63) is 47.5 Å². The van der Waals surface area contributed by atoms with Gasteiger partial charge in [0.1, 0.15) is 0 Å². The molecule has 0 atom stereocenters. The van der Waals surface area contributed by atoms with Crippen molar-refractivity contribution in [2.24, 2.45) is 0 Å². The average molecular weight is 302 g/mol. The Morgan fingerprint density at radius 3 is 2.71 bits per heavy atom. The number of fused-ring (bicyclic) bond motifs is 1. The molecule has 0 unspecified atom stereocenters. The molecule has 2 aromatic heterocycles. The molecule has 0 aliphatic heterocycles. The van der Waals surface area contributed by atoms with Gasteiger partial charge >= 0.3 is 0 Å². The molecule has 21 heavy (non-hydrogen) atoms. The van der Waals surface area contributed by atoms with E-state index in [0.29, 0.717) is 11.5 Å². The SMILES string of the molecule is CN(C)C(=O)c1ccn(-c2nc(Cl)nc3ccccc23)n1. The van der Waals surface area contributed by atoms with Crippen LogP contribution in [0.4, 0.5) is 0 Å². The summed E-state index contributed by atoms with van der Waals surface area (Å²) in [7, 11) is 3.36. The average Bonchev–Trinajstić information content (AvgIpc) is 2.94. The van der Waals surface area contributed by atoms with Gasteiger partial charge in [-0.15, -0.1) is 0 Å². The number of hydrogen-bond acceptors (Lipinski definition) is 4. The first-order chi connectivity index (χ1) is 10.1. The van der Waals surface area contributed by atoms with Crippen LogP contribution in [0.15, 0.2) is 36.5 Å². The highest BCUT2D eigenvalue weighted by molar-refractivity contribution is 6.28. The maximum atomic E-state index is 11.9. The number of nitrogens with zero attached hydrogens (tertiary/aromatic N) is 5. The molecule has 0 saturated carbocycles. The number of halogens is 1. The van der Waals surface area contributed by atoms with Crippen LogP contribution in [-0.2, 0) is 0 Å². The first-order valence-corrected chi connectivity index (χ1v) is 6.64. The van der Waals surface area contributed by atoms with Crippen LogP contribution in [0.2, 0.25) is 5.28 Å². The van der Waals surface area contributed by atoms with Crippen molar-refractivity contribution in [2.45, 2.75) is 0 Å². The van der Waals surface area contributed by atoms with Crippen LogP contribution in [0.25, 0.3) is 16.7 Å². The Hall–Kier alpha value is -2.47. The summed E-state index contributed by atoms with van der Waals surface area (Å²) in [6, 6.07) is 9.14. The van der Waals surface area contributed by atoms with Crippen molar-refractivity contribution in [1.29, 1.82) is 0 Å². The minimum absolute atomic E-state index is 0.139. The number of para-hydroxylation sites is 1. The molecule has 6 nitrogen and oxygen atoms in total. The van der Waals surface area contributed by atoms with Crippen LogP contribution < -0.4 is 0 Å². The van der Waals surface area contributed by atoms with Crippen molar-refractivity contribution in [3.8, 4) is 5.82 Å². The highest BCUT2D eigenvalue weighted by Gasteiger charge is 2.14. The first kappa shape index (κ1) is 13.5. The Morgan fingerprint density at radius 1 is 1.19 bits per heavy atom. The van der Waals surface area contributed by atoms with E-state index in [2.05, 4.69) is 15.1 Å². The van der Waals surface area contributed by atoms with Crippen molar-refractivity contribution < 1.29 is 4.79 Å². The van der Waals surface area contributed by atoms with E-state index in [4.69, 9.17) is 11.6 Å². The van der Waals surface area contributed by atoms with E-state index in [1.54, 1.807) is 26.4 Å². The first-order valence-electron chi connectivity index (χ1n) is 6.26. The molecule has 0 aliphatic carbocycles. The molecular weight excluding hydrogens is 290 g/mol. The second kappa shape index (κ2) is 5.14. The minimum Gasteiger partial charge on any atom is -0.343 e. The van der Waals surface area contributed by atoms with Crippen LogP contribution in [0.5, 0.6) is 0 Å². The molecule has 0 aliphatic rings. The van der Waals surface area contributed by atoms with E-state index in [-0.39, 0.29) is 11.2 Å². The molecule has 3 aromatic rings. The Labute approximate surface area is 126 Å². The van der Waals surface area contributed by atoms with Gasteiger partial charge in [0.2, 0.25) is 5.28 Å². The van der Waals surface area contributed by atoms with Crippen molar-refractivity contribution in [2.75, 3.05) is 14.1 Å². The second-order valence-electron chi connectivity index (χ2n) is 4.68. The molecule has 0 spiro atoms. The van der Waals surface area contributed by atoms with Crippen molar-refractivity contribution in [3.63, 3.8) is 0 Å². The van der Waals surface area contributed by atoms with E-state index in [1.165, 1.54) is 9.58 Å². The summed E-state index contributed by atoms with van der Waals surface area (Å²) in [5.74, 6) is 0.376. The number of hydrogen-bond donors (Lipinski definition) is 0. The lowest BCUT2D eigenvalue weighted by Crippen LogP contribution is -2.22. The third-order valence-electron chi connectivity index (χ3n) is 2.99. The van der Waals surface area contributed by atoms with Gasteiger partial charge < -0.3 is 4.90 Å². The minimum atomic E-state index is -0.168. The van der Waals surface area contributed by atoms with Crippen molar-refractivity contribution in [1.82, 2.24) is 24.6 Å². The molecule has 3 rings (SSSR count). The Morgan fingerprint density at radius 2 is 1.95 bits per heavy atom. The zero-order chi connectivity index (χ0) is 15.0. The summed E-state index contributed by atoms with van der Waals surface area (Å²) in [6.07, 6.45) is 1.68. The summed E-state index contributed by atoms with van der Waals surface area (Å²) in [4.78, 5) is 21.8. The molecule has 0 bridgehead atoms. The summed E-state index contributed by atoms with van der Waals surface area (Å²) < 4.78 is 1.53. The molecule has 0 saturated heterocycles. The summed E-state index contributed by atoms with van der Waals surface area (Å²) in [5, 5.41) is 5.22. The largest absolute Gasteiger partial charge is 0.343 e. The maximum absolute atomic E-state index is 11.9. The van der Waals surface area contributed by atoms with Gasteiger partial charge in [0.15, 0.2) is 11.5 Å². The number of carbonyl (C=O) groups is 1. The molecule has 106 valence electrons. The van der Waals surface area contributed by atoms with Crippen LogP contribution in [-0.4, -0.2) is 44.7 Å². The van der Waals surface area contributed by atoms with Crippen LogP contribution in [0.3, 0.4) is 0 Å². The van der Waals surface area contributed by atoms with Gasteiger partial charge in [-0.2, -0.15) is 10.1 Å². The highest BCUT2D eigenvalue weighted by Crippen LogP contribution is 2.20. The van der Waals surface area contributed by atoms with Crippen molar-refractivity contribution >= 4 is 28.4 Å². The lowest BCUT2D eigenvalue weighted by atomic mass is 10.2.